The van der Waals surface area contributed by atoms with Crippen LogP contribution >= 0.6 is 0 Å². The average Bonchev–Trinajstić information content (AvgIpc) is 3.53. The first-order valence-corrected chi connectivity index (χ1v) is 11.9. The van der Waals surface area contributed by atoms with Crippen molar-refractivity contribution in [2.24, 2.45) is 0 Å². The van der Waals surface area contributed by atoms with E-state index in [1.165, 1.54) is 21.8 Å². The van der Waals surface area contributed by atoms with E-state index in [-0.39, 0.29) is 49.3 Å². The molecule has 0 saturated carbocycles. The summed E-state index contributed by atoms with van der Waals surface area (Å²) >= 11 is 0. The van der Waals surface area contributed by atoms with Crippen LogP contribution in [0.1, 0.15) is 41.5 Å². The number of pyridine rings is 1. The predicted molar refractivity (Wildman–Crippen MR) is 133 cm³/mol. The van der Waals surface area contributed by atoms with Crippen LogP contribution in [0.3, 0.4) is 0 Å². The van der Waals surface area contributed by atoms with Gasteiger partial charge in [-0.2, -0.15) is 0 Å². The highest BCUT2D eigenvalue weighted by atomic mass is 19.1. The van der Waals surface area contributed by atoms with Crippen molar-refractivity contribution >= 4 is 17.6 Å². The lowest BCUT2D eigenvalue weighted by molar-refractivity contribution is -0.115. The molecule has 37 heavy (non-hydrogen) atoms. The monoisotopic (exact) mass is 508 g/mol. The number of carbonyl (C=O) groups excluding carboxylic acids is 2. The zero-order valence-electron chi connectivity index (χ0n) is 20.7. The van der Waals surface area contributed by atoms with Crippen molar-refractivity contribution in [1.29, 1.82) is 0 Å². The Kier molecular flexibility index (Phi) is 8.33. The summed E-state index contributed by atoms with van der Waals surface area (Å²) in [6.45, 7) is 4.99. The lowest BCUT2D eigenvalue weighted by atomic mass is 10.1. The average molecular weight is 509 g/mol. The predicted octanol–water partition coefficient (Wildman–Crippen LogP) is 1.69. The van der Waals surface area contributed by atoms with Gasteiger partial charge in [0.1, 0.15) is 6.17 Å². The molecule has 12 nitrogen and oxygen atoms in total. The fourth-order valence-corrected chi connectivity index (χ4v) is 3.53. The Morgan fingerprint density at radius 2 is 1.97 bits per heavy atom. The van der Waals surface area contributed by atoms with Crippen molar-refractivity contribution < 1.29 is 14.0 Å². The van der Waals surface area contributed by atoms with Gasteiger partial charge in [-0.25, -0.2) is 9.07 Å². The van der Waals surface area contributed by atoms with E-state index in [0.29, 0.717) is 13.1 Å². The van der Waals surface area contributed by atoms with Gasteiger partial charge in [-0.15, -0.1) is 10.2 Å². The van der Waals surface area contributed by atoms with Gasteiger partial charge in [0, 0.05) is 50.1 Å². The second kappa shape index (κ2) is 12.0. The third kappa shape index (κ3) is 7.78. The SMILES string of the molecule is CC1=CC=C(CC(=O)Nc2cn(CC(F)CCn3cc(C(=O)NCc4ccc(C)nc4)nn3)nn2)CN1. The number of aromatic nitrogens is 7. The number of nitrogens with one attached hydrogen (secondary N) is 3. The molecule has 0 fully saturated rings. The number of aryl methyl sites for hydroxylation is 2. The van der Waals surface area contributed by atoms with Gasteiger partial charge in [-0.1, -0.05) is 22.6 Å². The lowest BCUT2D eigenvalue weighted by Gasteiger charge is -2.13. The van der Waals surface area contributed by atoms with E-state index in [4.69, 9.17) is 0 Å². The molecule has 1 unspecified atom stereocenters. The summed E-state index contributed by atoms with van der Waals surface area (Å²) in [6.07, 6.45) is 7.63. The standard InChI is InChI=1S/C24H29FN10O2/c1-16-3-5-18(10-26-16)9-23(36)29-22-15-35(33-31-22)13-20(25)7-8-34-14-21(30-32-34)24(37)28-12-19-6-4-17(2)27-11-19/h3-6,11,14-15,20,26H,7-10,12-13H2,1-2H3,(H,28,37)(H,29,36). The number of rotatable bonds is 11. The Hall–Kier alpha value is -4.42. The van der Waals surface area contributed by atoms with Crippen LogP contribution in [0.2, 0.25) is 0 Å². The maximum Gasteiger partial charge on any atom is 0.273 e. The molecular formula is C24H29FN10O2. The second-order valence-corrected chi connectivity index (χ2v) is 8.82. The Labute approximate surface area is 213 Å². The highest BCUT2D eigenvalue weighted by Crippen LogP contribution is 2.11. The van der Waals surface area contributed by atoms with Gasteiger partial charge in [0.05, 0.1) is 18.9 Å². The van der Waals surface area contributed by atoms with E-state index in [0.717, 1.165) is 22.5 Å². The van der Waals surface area contributed by atoms with E-state index in [1.54, 1.807) is 6.20 Å². The third-order valence-corrected chi connectivity index (χ3v) is 5.61. The minimum Gasteiger partial charge on any atom is -0.385 e. The van der Waals surface area contributed by atoms with Gasteiger partial charge in [0.15, 0.2) is 11.5 Å². The van der Waals surface area contributed by atoms with Crippen molar-refractivity contribution in [3.8, 4) is 0 Å². The van der Waals surface area contributed by atoms with Crippen LogP contribution in [0.25, 0.3) is 0 Å². The Balaban J connectivity index is 1.18. The number of anilines is 1. The lowest BCUT2D eigenvalue weighted by Crippen LogP contribution is -2.23. The molecule has 4 rings (SSSR count). The van der Waals surface area contributed by atoms with Gasteiger partial charge >= 0.3 is 0 Å². The third-order valence-electron chi connectivity index (χ3n) is 5.61. The fraction of sp³-hybridized carbons (Fsp3) is 0.375. The number of hydrogen-bond acceptors (Lipinski definition) is 8. The molecule has 0 aromatic carbocycles. The number of allylic oxidation sites excluding steroid dienone is 3. The van der Waals surface area contributed by atoms with E-state index < -0.39 is 6.17 Å². The number of dihydropyridines is 1. The molecule has 1 atom stereocenters. The molecule has 0 spiro atoms. The van der Waals surface area contributed by atoms with E-state index >= 15 is 0 Å². The second-order valence-electron chi connectivity index (χ2n) is 8.82. The van der Waals surface area contributed by atoms with Crippen molar-refractivity contribution in [2.75, 3.05) is 11.9 Å². The number of carbonyl (C=O) groups is 2. The maximum absolute atomic E-state index is 14.5. The smallest absolute Gasteiger partial charge is 0.273 e. The van der Waals surface area contributed by atoms with Crippen LogP contribution in [-0.2, 0) is 24.4 Å². The molecule has 1 aliphatic rings. The number of amides is 2. The van der Waals surface area contributed by atoms with Crippen molar-refractivity contribution in [3.63, 3.8) is 0 Å². The van der Waals surface area contributed by atoms with Gasteiger partial charge in [-0.3, -0.25) is 19.3 Å². The number of hydrogen-bond donors (Lipinski definition) is 3. The molecule has 0 radical (unpaired) electrons. The zero-order chi connectivity index (χ0) is 26.2. The Morgan fingerprint density at radius 3 is 2.73 bits per heavy atom. The topological polar surface area (TPSA) is 145 Å². The highest BCUT2D eigenvalue weighted by Gasteiger charge is 2.15. The van der Waals surface area contributed by atoms with Crippen LogP contribution in [-0.4, -0.2) is 59.5 Å². The van der Waals surface area contributed by atoms with E-state index in [9.17, 15) is 14.0 Å². The van der Waals surface area contributed by atoms with Crippen LogP contribution in [0, 0.1) is 6.92 Å². The molecule has 4 heterocycles. The van der Waals surface area contributed by atoms with E-state index in [1.807, 2.05) is 38.1 Å². The number of nitrogens with zero attached hydrogens (tertiary/aromatic N) is 7. The molecule has 0 saturated heterocycles. The first kappa shape index (κ1) is 25.7. The molecular weight excluding hydrogens is 479 g/mol. The van der Waals surface area contributed by atoms with Gasteiger partial charge in [0.2, 0.25) is 5.91 Å². The number of halogens is 1. The summed E-state index contributed by atoms with van der Waals surface area (Å²) in [4.78, 5) is 28.7. The van der Waals surface area contributed by atoms with Crippen LogP contribution in [0.4, 0.5) is 10.2 Å². The molecule has 0 aliphatic carbocycles. The molecule has 1 aliphatic heterocycles. The van der Waals surface area contributed by atoms with Gasteiger partial charge in [-0.05, 0) is 37.1 Å². The summed E-state index contributed by atoms with van der Waals surface area (Å²) in [7, 11) is 0. The highest BCUT2D eigenvalue weighted by molar-refractivity contribution is 5.92. The Bertz CT molecular complexity index is 1290. The Morgan fingerprint density at radius 1 is 1.14 bits per heavy atom. The first-order valence-electron chi connectivity index (χ1n) is 11.9. The quantitative estimate of drug-likeness (QED) is 0.355. The molecule has 13 heteroatoms. The molecule has 194 valence electrons. The number of alkyl halides is 1. The molecule has 2 amide bonds. The summed E-state index contributed by atoms with van der Waals surface area (Å²) in [6, 6.07) is 3.76. The normalized spacial score (nSPS) is 13.8. The summed E-state index contributed by atoms with van der Waals surface area (Å²) in [5, 5.41) is 24.2. The largest absolute Gasteiger partial charge is 0.385 e. The van der Waals surface area contributed by atoms with Crippen molar-refractivity contribution in [3.05, 3.63) is 71.1 Å². The van der Waals surface area contributed by atoms with Gasteiger partial charge in [0.25, 0.3) is 5.91 Å². The van der Waals surface area contributed by atoms with Crippen LogP contribution < -0.4 is 16.0 Å². The first-order chi connectivity index (χ1) is 17.8. The molecule has 3 aromatic rings. The summed E-state index contributed by atoms with van der Waals surface area (Å²) in [5.74, 6) is -0.323. The van der Waals surface area contributed by atoms with Crippen molar-refractivity contribution in [2.45, 2.75) is 52.5 Å². The zero-order valence-corrected chi connectivity index (χ0v) is 20.7. The minimum absolute atomic E-state index is 0.0331. The maximum atomic E-state index is 14.5. The van der Waals surface area contributed by atoms with Crippen LogP contribution in [0.5, 0.6) is 0 Å². The fourth-order valence-electron chi connectivity index (χ4n) is 3.53. The van der Waals surface area contributed by atoms with Gasteiger partial charge < -0.3 is 16.0 Å². The molecule has 3 N–H and O–H groups in total. The van der Waals surface area contributed by atoms with Crippen molar-refractivity contribution in [1.82, 2.24) is 45.6 Å². The minimum atomic E-state index is -1.24. The summed E-state index contributed by atoms with van der Waals surface area (Å²) in [5.41, 5.74) is 3.92. The van der Waals surface area contributed by atoms with E-state index in [2.05, 4.69) is 41.6 Å². The summed E-state index contributed by atoms with van der Waals surface area (Å²) < 4.78 is 17.3. The molecule has 0 bridgehead atoms. The van der Waals surface area contributed by atoms with Crippen LogP contribution in [0.15, 0.2) is 54.1 Å². The molecule has 3 aromatic heterocycles.